The summed E-state index contributed by atoms with van der Waals surface area (Å²) in [6.45, 7) is 1.83. The number of halogens is 3. The molecule has 1 fully saturated rings. The Morgan fingerprint density at radius 3 is 2.70 bits per heavy atom. The molecule has 20 heavy (non-hydrogen) atoms. The zero-order valence-corrected chi connectivity index (χ0v) is 13.8. The van der Waals surface area contributed by atoms with Crippen LogP contribution < -0.4 is 4.74 Å². The minimum absolute atomic E-state index is 0.411. The maximum atomic E-state index is 6.15. The van der Waals surface area contributed by atoms with Crippen LogP contribution in [-0.2, 0) is 0 Å². The van der Waals surface area contributed by atoms with E-state index in [2.05, 4.69) is 25.9 Å². The highest BCUT2D eigenvalue weighted by atomic mass is 79.9. The van der Waals surface area contributed by atoms with Crippen LogP contribution in [0.2, 0.25) is 10.2 Å². The molecule has 0 spiro atoms. The zero-order chi connectivity index (χ0) is 14.3. The number of ether oxygens (including phenoxy) is 1. The third-order valence-corrected chi connectivity index (χ3v) is 4.27. The van der Waals surface area contributed by atoms with Crippen LogP contribution in [0.4, 0.5) is 0 Å². The summed E-state index contributed by atoms with van der Waals surface area (Å²) in [5, 5.41) is 0.957. The molecular weight excluding hydrogens is 363 g/mol. The molecule has 0 bridgehead atoms. The predicted molar refractivity (Wildman–Crippen MR) is 83.0 cm³/mol. The first kappa shape index (κ1) is 14.1. The Labute approximate surface area is 135 Å². The number of rotatable bonds is 3. The van der Waals surface area contributed by atoms with Crippen LogP contribution in [0.3, 0.4) is 0 Å². The van der Waals surface area contributed by atoms with Gasteiger partial charge in [0.1, 0.15) is 16.7 Å². The monoisotopic (exact) mass is 372 g/mol. The van der Waals surface area contributed by atoms with Crippen molar-refractivity contribution in [1.82, 2.24) is 9.97 Å². The van der Waals surface area contributed by atoms with Gasteiger partial charge in [-0.2, -0.15) is 4.98 Å². The molecule has 1 aromatic heterocycles. The van der Waals surface area contributed by atoms with E-state index in [-0.39, 0.29) is 0 Å². The standard InChI is InChI=1S/C14H11BrCl2N2O/c1-7-12(17)18-13(8-2-3-8)19-14(7)20-11-6-9(15)4-5-10(11)16/h4-6,8H,2-3H2,1H3. The average molecular weight is 374 g/mol. The second-order valence-corrected chi connectivity index (χ2v) is 6.43. The van der Waals surface area contributed by atoms with E-state index < -0.39 is 0 Å². The second kappa shape index (κ2) is 5.51. The van der Waals surface area contributed by atoms with Gasteiger partial charge in [-0.25, -0.2) is 4.98 Å². The molecule has 1 heterocycles. The van der Waals surface area contributed by atoms with Gasteiger partial charge in [-0.1, -0.05) is 39.1 Å². The fourth-order valence-electron chi connectivity index (χ4n) is 1.77. The van der Waals surface area contributed by atoms with Crippen LogP contribution >= 0.6 is 39.1 Å². The summed E-state index contributed by atoms with van der Waals surface area (Å²) in [4.78, 5) is 8.78. The van der Waals surface area contributed by atoms with E-state index in [9.17, 15) is 0 Å². The quantitative estimate of drug-likeness (QED) is 0.664. The van der Waals surface area contributed by atoms with Crippen LogP contribution in [0.5, 0.6) is 11.6 Å². The van der Waals surface area contributed by atoms with Crippen molar-refractivity contribution >= 4 is 39.1 Å². The lowest BCUT2D eigenvalue weighted by atomic mass is 10.3. The van der Waals surface area contributed by atoms with E-state index in [1.54, 1.807) is 12.1 Å². The van der Waals surface area contributed by atoms with Crippen LogP contribution in [0, 0.1) is 6.92 Å². The first-order chi connectivity index (χ1) is 9.54. The van der Waals surface area contributed by atoms with Crippen molar-refractivity contribution in [2.24, 2.45) is 0 Å². The van der Waals surface area contributed by atoms with Crippen molar-refractivity contribution in [2.75, 3.05) is 0 Å². The van der Waals surface area contributed by atoms with Crippen molar-refractivity contribution in [3.05, 3.63) is 44.2 Å². The Morgan fingerprint density at radius 2 is 2.00 bits per heavy atom. The highest BCUT2D eigenvalue weighted by Crippen LogP contribution is 2.41. The van der Waals surface area contributed by atoms with E-state index >= 15 is 0 Å². The predicted octanol–water partition coefficient (Wildman–Crippen LogP) is 5.52. The number of aromatic nitrogens is 2. The molecule has 0 radical (unpaired) electrons. The summed E-state index contributed by atoms with van der Waals surface area (Å²) in [6, 6.07) is 5.42. The van der Waals surface area contributed by atoms with E-state index in [1.165, 1.54) is 0 Å². The van der Waals surface area contributed by atoms with Gasteiger partial charge in [-0.05, 0) is 38.0 Å². The molecule has 6 heteroatoms. The van der Waals surface area contributed by atoms with Crippen LogP contribution in [-0.4, -0.2) is 9.97 Å². The molecule has 1 aliphatic carbocycles. The first-order valence-corrected chi connectivity index (χ1v) is 7.76. The number of hydrogen-bond acceptors (Lipinski definition) is 3. The molecule has 3 rings (SSSR count). The van der Waals surface area contributed by atoms with E-state index in [0.29, 0.717) is 33.3 Å². The maximum absolute atomic E-state index is 6.15. The molecule has 0 unspecified atom stereocenters. The highest BCUT2D eigenvalue weighted by Gasteiger charge is 2.28. The maximum Gasteiger partial charge on any atom is 0.227 e. The topological polar surface area (TPSA) is 35.0 Å². The first-order valence-electron chi connectivity index (χ1n) is 6.21. The van der Waals surface area contributed by atoms with Gasteiger partial charge in [0, 0.05) is 16.0 Å². The van der Waals surface area contributed by atoms with E-state index in [4.69, 9.17) is 27.9 Å². The van der Waals surface area contributed by atoms with Gasteiger partial charge in [-0.3, -0.25) is 0 Å². The SMILES string of the molecule is Cc1c(Cl)nc(C2CC2)nc1Oc1cc(Br)ccc1Cl. The Morgan fingerprint density at radius 1 is 1.25 bits per heavy atom. The third-order valence-electron chi connectivity index (χ3n) is 3.10. The summed E-state index contributed by atoms with van der Waals surface area (Å²) in [7, 11) is 0. The molecule has 1 aliphatic rings. The molecule has 0 saturated heterocycles. The summed E-state index contributed by atoms with van der Waals surface area (Å²) >= 11 is 15.7. The lowest BCUT2D eigenvalue weighted by Crippen LogP contribution is -2.00. The van der Waals surface area contributed by atoms with Crippen molar-refractivity contribution in [2.45, 2.75) is 25.7 Å². The molecule has 0 N–H and O–H groups in total. The lowest BCUT2D eigenvalue weighted by molar-refractivity contribution is 0.454. The smallest absolute Gasteiger partial charge is 0.227 e. The Hall–Kier alpha value is -0.840. The molecule has 0 atom stereocenters. The molecule has 2 aromatic rings. The van der Waals surface area contributed by atoms with Crippen LogP contribution in [0.15, 0.2) is 22.7 Å². The van der Waals surface area contributed by atoms with Gasteiger partial charge in [0.2, 0.25) is 5.88 Å². The van der Waals surface area contributed by atoms with Gasteiger partial charge in [0.15, 0.2) is 0 Å². The van der Waals surface area contributed by atoms with Gasteiger partial charge >= 0.3 is 0 Å². The molecular formula is C14H11BrCl2N2O. The van der Waals surface area contributed by atoms with Crippen molar-refractivity contribution < 1.29 is 4.74 Å². The summed E-state index contributed by atoms with van der Waals surface area (Å²) in [5.74, 6) is 2.17. The Bertz CT molecular complexity index is 674. The van der Waals surface area contributed by atoms with Gasteiger partial charge in [0.05, 0.1) is 5.02 Å². The molecule has 1 saturated carbocycles. The van der Waals surface area contributed by atoms with Crippen molar-refractivity contribution in [3.8, 4) is 11.6 Å². The van der Waals surface area contributed by atoms with E-state index in [1.807, 2.05) is 13.0 Å². The largest absolute Gasteiger partial charge is 0.437 e. The minimum Gasteiger partial charge on any atom is -0.437 e. The number of nitrogens with zero attached hydrogens (tertiary/aromatic N) is 2. The zero-order valence-electron chi connectivity index (χ0n) is 10.7. The summed E-state index contributed by atoms with van der Waals surface area (Å²) in [5.41, 5.74) is 0.715. The minimum atomic E-state index is 0.411. The number of hydrogen-bond donors (Lipinski definition) is 0. The number of benzene rings is 1. The fraction of sp³-hybridized carbons (Fsp3) is 0.286. The summed E-state index contributed by atoms with van der Waals surface area (Å²) < 4.78 is 6.71. The van der Waals surface area contributed by atoms with Gasteiger partial charge in [0.25, 0.3) is 0 Å². The molecule has 3 nitrogen and oxygen atoms in total. The van der Waals surface area contributed by atoms with Gasteiger partial charge < -0.3 is 4.74 Å². The molecule has 0 amide bonds. The molecule has 1 aromatic carbocycles. The van der Waals surface area contributed by atoms with E-state index in [0.717, 1.165) is 23.1 Å². The Balaban J connectivity index is 1.99. The van der Waals surface area contributed by atoms with Crippen molar-refractivity contribution in [1.29, 1.82) is 0 Å². The summed E-state index contributed by atoms with van der Waals surface area (Å²) in [6.07, 6.45) is 2.22. The Kier molecular flexibility index (Phi) is 3.89. The normalized spacial score (nSPS) is 14.4. The second-order valence-electron chi connectivity index (χ2n) is 4.75. The average Bonchev–Trinajstić information content (AvgIpc) is 3.23. The third kappa shape index (κ3) is 2.92. The van der Waals surface area contributed by atoms with Gasteiger partial charge in [-0.15, -0.1) is 0 Å². The fourth-order valence-corrected chi connectivity index (χ4v) is 2.43. The molecule has 104 valence electrons. The highest BCUT2D eigenvalue weighted by molar-refractivity contribution is 9.10. The van der Waals surface area contributed by atoms with Crippen LogP contribution in [0.25, 0.3) is 0 Å². The van der Waals surface area contributed by atoms with Crippen LogP contribution in [0.1, 0.15) is 30.1 Å². The molecule has 0 aliphatic heterocycles. The van der Waals surface area contributed by atoms with Crippen molar-refractivity contribution in [3.63, 3.8) is 0 Å². The lowest BCUT2D eigenvalue weighted by Gasteiger charge is -2.11.